The van der Waals surface area contributed by atoms with Gasteiger partial charge in [-0.05, 0) is 31.2 Å². The summed E-state index contributed by atoms with van der Waals surface area (Å²) in [6.07, 6.45) is 0. The van der Waals surface area contributed by atoms with Gasteiger partial charge in [0.2, 0.25) is 0 Å². The number of rotatable bonds is 0. The second-order valence-electron chi connectivity index (χ2n) is 3.09. The highest BCUT2D eigenvalue weighted by molar-refractivity contribution is 5.96. The van der Waals surface area contributed by atoms with Crippen molar-refractivity contribution in [3.05, 3.63) is 30.0 Å². The fourth-order valence-electron chi connectivity index (χ4n) is 1.35. The van der Waals surface area contributed by atoms with Crippen LogP contribution >= 0.6 is 0 Å². The molecule has 3 nitrogen and oxygen atoms in total. The highest BCUT2D eigenvalue weighted by Gasteiger charge is 2.01. The van der Waals surface area contributed by atoms with Crippen molar-refractivity contribution in [2.75, 3.05) is 11.5 Å². The number of fused-ring (bicyclic) bond motifs is 1. The average molecular weight is 173 g/mol. The first-order valence-corrected chi connectivity index (χ1v) is 4.10. The highest BCUT2D eigenvalue weighted by atomic mass is 14.7. The van der Waals surface area contributed by atoms with Crippen LogP contribution in [0, 0.1) is 6.92 Å². The van der Waals surface area contributed by atoms with Crippen molar-refractivity contribution < 1.29 is 0 Å². The molecule has 2 rings (SSSR count). The van der Waals surface area contributed by atoms with Crippen molar-refractivity contribution in [2.45, 2.75) is 6.92 Å². The Labute approximate surface area is 76.4 Å². The molecule has 0 fully saturated rings. The summed E-state index contributed by atoms with van der Waals surface area (Å²) in [4.78, 5) is 4.34. The van der Waals surface area contributed by atoms with Gasteiger partial charge in [0.1, 0.15) is 0 Å². The van der Waals surface area contributed by atoms with Crippen molar-refractivity contribution in [3.8, 4) is 0 Å². The fraction of sp³-hybridized carbons (Fsp3) is 0.100. The molecule has 3 heteroatoms. The van der Waals surface area contributed by atoms with E-state index in [-0.39, 0.29) is 0 Å². The molecule has 2 aromatic rings. The van der Waals surface area contributed by atoms with Gasteiger partial charge >= 0.3 is 0 Å². The molecule has 0 aliphatic carbocycles. The molecule has 66 valence electrons. The molecule has 0 unspecified atom stereocenters. The molecule has 0 aliphatic heterocycles. The van der Waals surface area contributed by atoms with Crippen molar-refractivity contribution in [2.24, 2.45) is 0 Å². The Balaban J connectivity index is 2.87. The quantitative estimate of drug-likeness (QED) is 0.596. The number of nitrogen functional groups attached to an aromatic ring is 2. The first-order chi connectivity index (χ1) is 6.18. The predicted molar refractivity (Wildman–Crippen MR) is 55.3 cm³/mol. The first kappa shape index (κ1) is 7.86. The van der Waals surface area contributed by atoms with Gasteiger partial charge in [-0.3, -0.25) is 4.98 Å². The molecule has 0 radical (unpaired) electrons. The van der Waals surface area contributed by atoms with E-state index in [0.717, 1.165) is 16.6 Å². The lowest BCUT2D eigenvalue weighted by molar-refractivity contribution is 1.26. The van der Waals surface area contributed by atoms with Crippen LogP contribution in [-0.2, 0) is 0 Å². The molecule has 0 spiro atoms. The predicted octanol–water partition coefficient (Wildman–Crippen LogP) is 1.71. The molecule has 0 aliphatic rings. The van der Waals surface area contributed by atoms with Crippen LogP contribution in [0.1, 0.15) is 5.69 Å². The van der Waals surface area contributed by atoms with E-state index in [1.807, 2.05) is 25.1 Å². The van der Waals surface area contributed by atoms with Gasteiger partial charge in [0.25, 0.3) is 0 Å². The Morgan fingerprint density at radius 2 is 1.85 bits per heavy atom. The third kappa shape index (κ3) is 1.18. The molecule has 4 N–H and O–H groups in total. The number of nitrogens with zero attached hydrogens (tertiary/aromatic N) is 1. The summed E-state index contributed by atoms with van der Waals surface area (Å²) in [6, 6.07) is 7.54. The summed E-state index contributed by atoms with van der Waals surface area (Å²) in [6.45, 7) is 1.95. The minimum Gasteiger partial charge on any atom is -0.397 e. The summed E-state index contributed by atoms with van der Waals surface area (Å²) in [5, 5.41) is 0.922. The zero-order valence-corrected chi connectivity index (χ0v) is 7.41. The molecule has 0 bridgehead atoms. The van der Waals surface area contributed by atoms with E-state index in [4.69, 9.17) is 11.5 Å². The second kappa shape index (κ2) is 2.62. The van der Waals surface area contributed by atoms with Crippen LogP contribution in [0.2, 0.25) is 0 Å². The number of aromatic nitrogens is 1. The third-order valence-corrected chi connectivity index (χ3v) is 2.09. The lowest BCUT2D eigenvalue weighted by Gasteiger charge is -2.04. The van der Waals surface area contributed by atoms with Crippen LogP contribution in [0.3, 0.4) is 0 Å². The SMILES string of the molecule is Cc1ccc2c(N)c(N)ccc2n1. The maximum atomic E-state index is 5.80. The molecule has 0 amide bonds. The Hall–Kier alpha value is -1.77. The van der Waals surface area contributed by atoms with E-state index in [1.54, 1.807) is 6.07 Å². The van der Waals surface area contributed by atoms with Gasteiger partial charge in [0.05, 0.1) is 16.9 Å². The number of pyridine rings is 1. The third-order valence-electron chi connectivity index (χ3n) is 2.09. The summed E-state index contributed by atoms with van der Waals surface area (Å²) in [7, 11) is 0. The van der Waals surface area contributed by atoms with Crippen molar-refractivity contribution in [1.82, 2.24) is 4.98 Å². The molecule has 1 heterocycles. The number of nitrogens with two attached hydrogens (primary N) is 2. The van der Waals surface area contributed by atoms with Gasteiger partial charge in [-0.25, -0.2) is 0 Å². The molecule has 1 aromatic heterocycles. The lowest BCUT2D eigenvalue weighted by atomic mass is 10.1. The van der Waals surface area contributed by atoms with Crippen LogP contribution in [0.15, 0.2) is 24.3 Å². The maximum Gasteiger partial charge on any atom is 0.0727 e. The number of hydrogen-bond acceptors (Lipinski definition) is 3. The maximum absolute atomic E-state index is 5.80. The van der Waals surface area contributed by atoms with Gasteiger partial charge < -0.3 is 11.5 Å². The second-order valence-corrected chi connectivity index (χ2v) is 3.09. The molecule has 1 aromatic carbocycles. The largest absolute Gasteiger partial charge is 0.397 e. The number of aryl methyl sites for hydroxylation is 1. The highest BCUT2D eigenvalue weighted by Crippen LogP contribution is 2.25. The number of anilines is 2. The summed E-state index contributed by atoms with van der Waals surface area (Å²) < 4.78 is 0. The average Bonchev–Trinajstić information content (AvgIpc) is 2.12. The molecule has 0 saturated heterocycles. The van der Waals surface area contributed by atoms with Gasteiger partial charge in [0, 0.05) is 11.1 Å². The summed E-state index contributed by atoms with van der Waals surface area (Å²) in [5.41, 5.74) is 14.6. The lowest BCUT2D eigenvalue weighted by Crippen LogP contribution is -1.96. The van der Waals surface area contributed by atoms with E-state index < -0.39 is 0 Å². The number of hydrogen-bond donors (Lipinski definition) is 2. The summed E-state index contributed by atoms with van der Waals surface area (Å²) in [5.74, 6) is 0. The van der Waals surface area contributed by atoms with Crippen molar-refractivity contribution in [3.63, 3.8) is 0 Å². The topological polar surface area (TPSA) is 64.9 Å². The van der Waals surface area contributed by atoms with Crippen LogP contribution < -0.4 is 11.5 Å². The molecule has 13 heavy (non-hydrogen) atoms. The Bertz CT molecular complexity index is 463. The fourth-order valence-corrected chi connectivity index (χ4v) is 1.35. The Morgan fingerprint density at radius 3 is 2.62 bits per heavy atom. The van der Waals surface area contributed by atoms with E-state index in [0.29, 0.717) is 11.4 Å². The van der Waals surface area contributed by atoms with E-state index in [2.05, 4.69) is 4.98 Å². The zero-order valence-electron chi connectivity index (χ0n) is 7.41. The Kier molecular flexibility index (Phi) is 1.59. The van der Waals surface area contributed by atoms with E-state index in [1.165, 1.54) is 0 Å². The van der Waals surface area contributed by atoms with Gasteiger partial charge in [0.15, 0.2) is 0 Å². The normalized spacial score (nSPS) is 10.5. The molecular weight excluding hydrogens is 162 g/mol. The molecule has 0 atom stereocenters. The van der Waals surface area contributed by atoms with Crippen LogP contribution in [-0.4, -0.2) is 4.98 Å². The van der Waals surface area contributed by atoms with Crippen LogP contribution in [0.25, 0.3) is 10.9 Å². The Morgan fingerprint density at radius 1 is 1.08 bits per heavy atom. The standard InChI is InChI=1S/C10H11N3/c1-6-2-3-7-9(13-6)5-4-8(11)10(7)12/h2-5H,11-12H2,1H3. The van der Waals surface area contributed by atoms with E-state index >= 15 is 0 Å². The monoisotopic (exact) mass is 173 g/mol. The van der Waals surface area contributed by atoms with Crippen LogP contribution in [0.4, 0.5) is 11.4 Å². The van der Waals surface area contributed by atoms with E-state index in [9.17, 15) is 0 Å². The smallest absolute Gasteiger partial charge is 0.0727 e. The van der Waals surface area contributed by atoms with Crippen LogP contribution in [0.5, 0.6) is 0 Å². The van der Waals surface area contributed by atoms with Gasteiger partial charge in [-0.15, -0.1) is 0 Å². The molecule has 0 saturated carbocycles. The first-order valence-electron chi connectivity index (χ1n) is 4.10. The van der Waals surface area contributed by atoms with Gasteiger partial charge in [-0.2, -0.15) is 0 Å². The molecular formula is C10H11N3. The minimum absolute atomic E-state index is 0.609. The van der Waals surface area contributed by atoms with Gasteiger partial charge in [-0.1, -0.05) is 0 Å². The van der Waals surface area contributed by atoms with Crippen molar-refractivity contribution >= 4 is 22.3 Å². The number of benzene rings is 1. The van der Waals surface area contributed by atoms with Crippen molar-refractivity contribution in [1.29, 1.82) is 0 Å². The summed E-state index contributed by atoms with van der Waals surface area (Å²) >= 11 is 0. The minimum atomic E-state index is 0.609. The zero-order chi connectivity index (χ0) is 9.42.